The van der Waals surface area contributed by atoms with Crippen molar-refractivity contribution >= 4 is 27.3 Å². The lowest BCUT2D eigenvalue weighted by molar-refractivity contribution is -0.384. The molecule has 4 nitrogen and oxygen atoms in total. The molecule has 1 rings (SSSR count). The van der Waals surface area contributed by atoms with Gasteiger partial charge in [-0.3, -0.25) is 10.1 Å². The standard InChI is InChI=1S/C10H12BrFN2O2/c1-10(2,3)13-8-5-7(12)6(11)4-9(8)14(15)16/h4-5,13H,1-3H3. The van der Waals surface area contributed by atoms with Crippen LogP contribution in [0, 0.1) is 15.9 Å². The molecule has 0 saturated heterocycles. The van der Waals surface area contributed by atoms with E-state index < -0.39 is 10.7 Å². The number of halogens is 2. The van der Waals surface area contributed by atoms with Crippen LogP contribution in [-0.2, 0) is 0 Å². The fourth-order valence-corrected chi connectivity index (χ4v) is 1.52. The third-order valence-corrected chi connectivity index (χ3v) is 2.35. The van der Waals surface area contributed by atoms with Gasteiger partial charge in [-0.25, -0.2) is 4.39 Å². The zero-order valence-corrected chi connectivity index (χ0v) is 10.8. The SMILES string of the molecule is CC(C)(C)Nc1cc(F)c(Br)cc1[N+](=O)[O-]. The van der Waals surface area contributed by atoms with E-state index >= 15 is 0 Å². The quantitative estimate of drug-likeness (QED) is 0.667. The summed E-state index contributed by atoms with van der Waals surface area (Å²) in [5.74, 6) is -0.530. The summed E-state index contributed by atoms with van der Waals surface area (Å²) in [5, 5.41) is 13.7. The summed E-state index contributed by atoms with van der Waals surface area (Å²) in [5.41, 5.74) is -0.341. The lowest BCUT2D eigenvalue weighted by atomic mass is 10.1. The predicted molar refractivity (Wildman–Crippen MR) is 64.1 cm³/mol. The first-order chi connectivity index (χ1) is 7.20. The van der Waals surface area contributed by atoms with Crippen molar-refractivity contribution < 1.29 is 9.31 Å². The van der Waals surface area contributed by atoms with Crippen LogP contribution in [0.3, 0.4) is 0 Å². The maximum Gasteiger partial charge on any atom is 0.293 e. The van der Waals surface area contributed by atoms with E-state index in [0.717, 1.165) is 12.1 Å². The number of anilines is 1. The van der Waals surface area contributed by atoms with E-state index in [2.05, 4.69) is 21.2 Å². The maximum absolute atomic E-state index is 13.3. The summed E-state index contributed by atoms with van der Waals surface area (Å²) in [4.78, 5) is 10.3. The summed E-state index contributed by atoms with van der Waals surface area (Å²) in [6.07, 6.45) is 0. The van der Waals surface area contributed by atoms with Crippen molar-refractivity contribution in [3.05, 3.63) is 32.5 Å². The molecule has 0 bridgehead atoms. The highest BCUT2D eigenvalue weighted by molar-refractivity contribution is 9.10. The van der Waals surface area contributed by atoms with Gasteiger partial charge in [-0.1, -0.05) is 0 Å². The van der Waals surface area contributed by atoms with E-state index in [1.807, 2.05) is 20.8 Å². The molecule has 0 spiro atoms. The number of hydrogen-bond acceptors (Lipinski definition) is 3. The Kier molecular flexibility index (Phi) is 3.52. The molecule has 88 valence electrons. The lowest BCUT2D eigenvalue weighted by Gasteiger charge is -2.22. The number of nitrogens with zero attached hydrogens (tertiary/aromatic N) is 1. The van der Waals surface area contributed by atoms with Crippen molar-refractivity contribution in [3.8, 4) is 0 Å². The molecule has 0 saturated carbocycles. The molecule has 1 N–H and O–H groups in total. The number of rotatable bonds is 2. The Morgan fingerprint density at radius 3 is 2.44 bits per heavy atom. The summed E-state index contributed by atoms with van der Waals surface area (Å²) in [7, 11) is 0. The van der Waals surface area contributed by atoms with Gasteiger partial charge in [0.15, 0.2) is 0 Å². The minimum atomic E-state index is -0.543. The van der Waals surface area contributed by atoms with Crippen LogP contribution in [0.25, 0.3) is 0 Å². The van der Waals surface area contributed by atoms with Crippen LogP contribution in [-0.4, -0.2) is 10.5 Å². The van der Waals surface area contributed by atoms with Gasteiger partial charge in [-0.2, -0.15) is 0 Å². The van der Waals surface area contributed by atoms with Gasteiger partial charge in [0.1, 0.15) is 11.5 Å². The van der Waals surface area contributed by atoms with E-state index in [9.17, 15) is 14.5 Å². The molecular weight excluding hydrogens is 279 g/mol. The molecule has 1 aromatic carbocycles. The number of nitro groups is 1. The van der Waals surface area contributed by atoms with Crippen molar-refractivity contribution in [2.24, 2.45) is 0 Å². The largest absolute Gasteiger partial charge is 0.375 e. The molecule has 0 fully saturated rings. The van der Waals surface area contributed by atoms with E-state index in [0.29, 0.717) is 0 Å². The molecule has 0 radical (unpaired) electrons. The van der Waals surface area contributed by atoms with Gasteiger partial charge in [0.05, 0.1) is 9.40 Å². The Balaban J connectivity index is 3.25. The Bertz CT molecular complexity index is 430. The molecule has 1 aromatic rings. The van der Waals surface area contributed by atoms with Crippen LogP contribution in [0.5, 0.6) is 0 Å². The van der Waals surface area contributed by atoms with Gasteiger partial charge >= 0.3 is 0 Å². The number of nitro benzene ring substituents is 1. The highest BCUT2D eigenvalue weighted by Gasteiger charge is 2.21. The third-order valence-electron chi connectivity index (χ3n) is 1.74. The number of nitrogens with one attached hydrogen (secondary N) is 1. The average molecular weight is 291 g/mol. The van der Waals surface area contributed by atoms with Crippen molar-refractivity contribution in [3.63, 3.8) is 0 Å². The van der Waals surface area contributed by atoms with E-state index in [1.165, 1.54) is 0 Å². The molecule has 0 aliphatic rings. The van der Waals surface area contributed by atoms with Gasteiger partial charge in [0, 0.05) is 17.7 Å². The van der Waals surface area contributed by atoms with Crippen molar-refractivity contribution in [2.45, 2.75) is 26.3 Å². The number of hydrogen-bond donors (Lipinski definition) is 1. The van der Waals surface area contributed by atoms with Crippen LogP contribution in [0.15, 0.2) is 16.6 Å². The molecule has 0 aromatic heterocycles. The first-order valence-electron chi connectivity index (χ1n) is 4.62. The van der Waals surface area contributed by atoms with Crippen LogP contribution >= 0.6 is 15.9 Å². The van der Waals surface area contributed by atoms with Crippen LogP contribution in [0.4, 0.5) is 15.8 Å². The molecule has 16 heavy (non-hydrogen) atoms. The first kappa shape index (κ1) is 12.9. The smallest absolute Gasteiger partial charge is 0.293 e. The highest BCUT2D eigenvalue weighted by Crippen LogP contribution is 2.32. The highest BCUT2D eigenvalue weighted by atomic mass is 79.9. The molecule has 0 amide bonds. The van der Waals surface area contributed by atoms with Crippen molar-refractivity contribution in [2.75, 3.05) is 5.32 Å². The molecule has 0 heterocycles. The molecule has 0 atom stereocenters. The van der Waals surface area contributed by atoms with Crippen LogP contribution in [0.1, 0.15) is 20.8 Å². The van der Waals surface area contributed by atoms with E-state index in [-0.39, 0.29) is 21.4 Å². The Morgan fingerprint density at radius 1 is 1.44 bits per heavy atom. The predicted octanol–water partition coefficient (Wildman–Crippen LogP) is 3.71. The molecule has 0 aliphatic carbocycles. The Hall–Kier alpha value is -1.17. The van der Waals surface area contributed by atoms with Crippen LogP contribution in [0.2, 0.25) is 0 Å². The Labute approximate surface area is 101 Å². The van der Waals surface area contributed by atoms with Gasteiger partial charge in [0.2, 0.25) is 0 Å². The monoisotopic (exact) mass is 290 g/mol. The topological polar surface area (TPSA) is 55.2 Å². The van der Waals surface area contributed by atoms with Gasteiger partial charge in [-0.15, -0.1) is 0 Å². The second-order valence-electron chi connectivity index (χ2n) is 4.42. The lowest BCUT2D eigenvalue weighted by Crippen LogP contribution is -2.26. The summed E-state index contributed by atoms with van der Waals surface area (Å²) < 4.78 is 13.4. The fraction of sp³-hybridized carbons (Fsp3) is 0.400. The van der Waals surface area contributed by atoms with Gasteiger partial charge in [0.25, 0.3) is 5.69 Å². The normalized spacial score (nSPS) is 11.3. The fourth-order valence-electron chi connectivity index (χ4n) is 1.19. The molecule has 0 unspecified atom stereocenters. The molecule has 6 heteroatoms. The second kappa shape index (κ2) is 4.37. The summed E-state index contributed by atoms with van der Waals surface area (Å²) in [6.45, 7) is 5.53. The van der Waals surface area contributed by atoms with Gasteiger partial charge < -0.3 is 5.32 Å². The van der Waals surface area contributed by atoms with Crippen molar-refractivity contribution in [1.82, 2.24) is 0 Å². The zero-order valence-electron chi connectivity index (χ0n) is 9.17. The molecule has 0 aliphatic heterocycles. The van der Waals surface area contributed by atoms with E-state index in [4.69, 9.17) is 0 Å². The minimum Gasteiger partial charge on any atom is -0.375 e. The van der Waals surface area contributed by atoms with Gasteiger partial charge in [-0.05, 0) is 36.7 Å². The third kappa shape index (κ3) is 3.16. The maximum atomic E-state index is 13.3. The zero-order chi connectivity index (χ0) is 12.5. The van der Waals surface area contributed by atoms with Crippen molar-refractivity contribution in [1.29, 1.82) is 0 Å². The minimum absolute atomic E-state index is 0.0821. The first-order valence-corrected chi connectivity index (χ1v) is 5.41. The molecular formula is C10H12BrFN2O2. The van der Waals surface area contributed by atoms with E-state index in [1.54, 1.807) is 0 Å². The average Bonchev–Trinajstić information content (AvgIpc) is 2.07. The van der Waals surface area contributed by atoms with Crippen LogP contribution < -0.4 is 5.32 Å². The number of benzene rings is 1. The second-order valence-corrected chi connectivity index (χ2v) is 5.27. The summed E-state index contributed by atoms with van der Waals surface area (Å²) >= 11 is 2.92. The summed E-state index contributed by atoms with van der Waals surface area (Å²) in [6, 6.07) is 2.27. The Morgan fingerprint density at radius 2 is 2.00 bits per heavy atom.